The van der Waals surface area contributed by atoms with Gasteiger partial charge in [-0.2, -0.15) is 4.98 Å². The Bertz CT molecular complexity index is 769. The molecule has 7 heteroatoms. The Kier molecular flexibility index (Phi) is 5.25. The molecule has 1 N–H and O–H groups in total. The van der Waals surface area contributed by atoms with Crippen molar-refractivity contribution in [2.45, 2.75) is 45.6 Å². The maximum atomic E-state index is 13.8. The maximum absolute atomic E-state index is 13.8. The van der Waals surface area contributed by atoms with Gasteiger partial charge < -0.3 is 14.7 Å². The fourth-order valence-electron chi connectivity index (χ4n) is 3.15. The molecule has 1 saturated heterocycles. The number of benzene rings is 1. The number of halogens is 1. The van der Waals surface area contributed by atoms with Gasteiger partial charge in [-0.05, 0) is 51.7 Å². The highest BCUT2D eigenvalue weighted by molar-refractivity contribution is 5.75. The fourth-order valence-corrected chi connectivity index (χ4v) is 3.15. The van der Waals surface area contributed by atoms with Gasteiger partial charge in [-0.15, -0.1) is 0 Å². The van der Waals surface area contributed by atoms with Gasteiger partial charge >= 0.3 is 6.03 Å². The first-order valence-electron chi connectivity index (χ1n) is 8.96. The lowest BCUT2D eigenvalue weighted by Gasteiger charge is -2.34. The summed E-state index contributed by atoms with van der Waals surface area (Å²) in [6, 6.07) is 6.32. The number of carbonyl (C=O) groups excluding carboxylic acids is 1. The topological polar surface area (TPSA) is 71.3 Å². The molecule has 1 fully saturated rings. The van der Waals surface area contributed by atoms with Crippen molar-refractivity contribution in [3.05, 3.63) is 36.0 Å². The largest absolute Gasteiger partial charge is 0.339 e. The SMILES string of the molecule is CC(C)(C)NC(=O)N1CCCC(Cc2nc(-c3ccccc3F)no2)C1. The minimum Gasteiger partial charge on any atom is -0.339 e. The van der Waals surface area contributed by atoms with Gasteiger partial charge in [0.25, 0.3) is 0 Å². The van der Waals surface area contributed by atoms with Gasteiger partial charge in [0.1, 0.15) is 5.82 Å². The summed E-state index contributed by atoms with van der Waals surface area (Å²) in [6.07, 6.45) is 2.52. The van der Waals surface area contributed by atoms with Crippen molar-refractivity contribution < 1.29 is 13.7 Å². The van der Waals surface area contributed by atoms with Gasteiger partial charge in [-0.25, -0.2) is 9.18 Å². The monoisotopic (exact) mass is 360 g/mol. The average molecular weight is 360 g/mol. The van der Waals surface area contributed by atoms with Crippen molar-refractivity contribution in [2.75, 3.05) is 13.1 Å². The molecule has 1 aliphatic heterocycles. The van der Waals surface area contributed by atoms with E-state index >= 15 is 0 Å². The van der Waals surface area contributed by atoms with Crippen molar-refractivity contribution in [3.63, 3.8) is 0 Å². The van der Waals surface area contributed by atoms with E-state index < -0.39 is 0 Å². The summed E-state index contributed by atoms with van der Waals surface area (Å²) in [6.45, 7) is 7.31. The van der Waals surface area contributed by atoms with Crippen molar-refractivity contribution in [1.82, 2.24) is 20.4 Å². The lowest BCUT2D eigenvalue weighted by Crippen LogP contribution is -2.51. The molecule has 1 unspecified atom stereocenters. The number of piperidine rings is 1. The molecule has 1 aromatic heterocycles. The third-order valence-electron chi connectivity index (χ3n) is 4.33. The van der Waals surface area contributed by atoms with Crippen molar-refractivity contribution in [1.29, 1.82) is 0 Å². The molecule has 1 aromatic carbocycles. The number of nitrogens with zero attached hydrogens (tertiary/aromatic N) is 3. The van der Waals surface area contributed by atoms with Crippen LogP contribution < -0.4 is 5.32 Å². The highest BCUT2D eigenvalue weighted by Gasteiger charge is 2.27. The minimum atomic E-state index is -0.373. The third-order valence-corrected chi connectivity index (χ3v) is 4.33. The molecular formula is C19H25FN4O2. The van der Waals surface area contributed by atoms with E-state index in [1.807, 2.05) is 25.7 Å². The normalized spacial score (nSPS) is 18.0. The van der Waals surface area contributed by atoms with Crippen molar-refractivity contribution >= 4 is 6.03 Å². The zero-order valence-corrected chi connectivity index (χ0v) is 15.5. The first-order valence-corrected chi connectivity index (χ1v) is 8.96. The molecule has 0 saturated carbocycles. The number of urea groups is 1. The number of hydrogen-bond acceptors (Lipinski definition) is 4. The number of hydrogen-bond donors (Lipinski definition) is 1. The molecule has 2 aromatic rings. The van der Waals surface area contributed by atoms with Crippen LogP contribution in [0.1, 0.15) is 39.5 Å². The number of nitrogens with one attached hydrogen (secondary N) is 1. The Morgan fingerprint density at radius 2 is 2.15 bits per heavy atom. The second kappa shape index (κ2) is 7.43. The number of rotatable bonds is 3. The predicted octanol–water partition coefficient (Wildman–Crippen LogP) is 3.64. The van der Waals surface area contributed by atoms with Gasteiger partial charge in [0, 0.05) is 25.0 Å². The van der Waals surface area contributed by atoms with Crippen LogP contribution in [0.2, 0.25) is 0 Å². The van der Waals surface area contributed by atoms with Crippen LogP contribution in [0.3, 0.4) is 0 Å². The summed E-state index contributed by atoms with van der Waals surface area (Å²) in [4.78, 5) is 18.5. The zero-order valence-electron chi connectivity index (χ0n) is 15.5. The van der Waals surface area contributed by atoms with E-state index in [0.29, 0.717) is 24.4 Å². The van der Waals surface area contributed by atoms with Crippen LogP contribution in [0.5, 0.6) is 0 Å². The van der Waals surface area contributed by atoms with E-state index in [4.69, 9.17) is 4.52 Å². The van der Waals surface area contributed by atoms with Crippen LogP contribution in [-0.4, -0.2) is 39.7 Å². The van der Waals surface area contributed by atoms with E-state index in [-0.39, 0.29) is 29.1 Å². The molecular weight excluding hydrogens is 335 g/mol. The molecule has 26 heavy (non-hydrogen) atoms. The van der Waals surface area contributed by atoms with Gasteiger partial charge in [-0.3, -0.25) is 0 Å². The summed E-state index contributed by atoms with van der Waals surface area (Å²) in [5, 5.41) is 6.90. The molecule has 0 spiro atoms. The molecule has 0 aliphatic carbocycles. The summed E-state index contributed by atoms with van der Waals surface area (Å²) in [5.41, 5.74) is 0.0721. The average Bonchev–Trinajstić information content (AvgIpc) is 3.02. The molecule has 3 rings (SSSR count). The van der Waals surface area contributed by atoms with Crippen LogP contribution in [-0.2, 0) is 6.42 Å². The van der Waals surface area contributed by atoms with Gasteiger partial charge in [0.05, 0.1) is 5.56 Å². The number of likely N-dealkylation sites (tertiary alicyclic amines) is 1. The minimum absolute atomic E-state index is 0.0419. The van der Waals surface area contributed by atoms with Crippen LogP contribution in [0.25, 0.3) is 11.4 Å². The quantitative estimate of drug-likeness (QED) is 0.907. The van der Waals surface area contributed by atoms with Gasteiger partial charge in [0.2, 0.25) is 11.7 Å². The molecule has 0 radical (unpaired) electrons. The number of amides is 2. The lowest BCUT2D eigenvalue weighted by molar-refractivity contribution is 0.155. The summed E-state index contributed by atoms with van der Waals surface area (Å²) in [7, 11) is 0. The molecule has 140 valence electrons. The Morgan fingerprint density at radius 1 is 1.38 bits per heavy atom. The third kappa shape index (κ3) is 4.59. The number of carbonyl (C=O) groups is 1. The standard InChI is InChI=1S/C19H25FN4O2/c1-19(2,3)22-18(25)24-10-6-7-13(12-24)11-16-21-17(23-26-16)14-8-4-5-9-15(14)20/h4-5,8-9,13H,6-7,10-12H2,1-3H3,(H,22,25). The second-order valence-electron chi connectivity index (χ2n) is 7.83. The van der Waals surface area contributed by atoms with E-state index in [0.717, 1.165) is 19.4 Å². The van der Waals surface area contributed by atoms with Gasteiger partial charge in [0.15, 0.2) is 0 Å². The Balaban J connectivity index is 1.63. The maximum Gasteiger partial charge on any atom is 0.317 e. The van der Waals surface area contributed by atoms with E-state index in [2.05, 4.69) is 15.5 Å². The highest BCUT2D eigenvalue weighted by atomic mass is 19.1. The lowest BCUT2D eigenvalue weighted by atomic mass is 9.95. The van der Waals surface area contributed by atoms with Crippen molar-refractivity contribution in [2.24, 2.45) is 5.92 Å². The summed E-state index contributed by atoms with van der Waals surface area (Å²) < 4.78 is 19.2. The van der Waals surface area contributed by atoms with Crippen LogP contribution in [0.4, 0.5) is 9.18 Å². The van der Waals surface area contributed by atoms with Crippen molar-refractivity contribution in [3.8, 4) is 11.4 Å². The van der Waals surface area contributed by atoms with E-state index in [1.165, 1.54) is 6.07 Å². The molecule has 6 nitrogen and oxygen atoms in total. The van der Waals surface area contributed by atoms with E-state index in [1.54, 1.807) is 18.2 Å². The molecule has 1 atom stereocenters. The molecule has 0 bridgehead atoms. The molecule has 2 amide bonds. The molecule has 2 heterocycles. The summed E-state index contributed by atoms with van der Waals surface area (Å²) >= 11 is 0. The van der Waals surface area contributed by atoms with Gasteiger partial charge in [-0.1, -0.05) is 17.3 Å². The Morgan fingerprint density at radius 3 is 2.88 bits per heavy atom. The highest BCUT2D eigenvalue weighted by Crippen LogP contribution is 2.23. The Labute approximate surface area is 152 Å². The zero-order chi connectivity index (χ0) is 18.7. The predicted molar refractivity (Wildman–Crippen MR) is 96.0 cm³/mol. The van der Waals surface area contributed by atoms with E-state index in [9.17, 15) is 9.18 Å². The van der Waals surface area contributed by atoms with Crippen LogP contribution in [0.15, 0.2) is 28.8 Å². The Hall–Kier alpha value is -2.44. The summed E-state index contributed by atoms with van der Waals surface area (Å²) in [5.74, 6) is 0.619. The van der Waals surface area contributed by atoms with Crippen LogP contribution >= 0.6 is 0 Å². The smallest absolute Gasteiger partial charge is 0.317 e. The first kappa shape index (κ1) is 18.4. The number of aromatic nitrogens is 2. The second-order valence-corrected chi connectivity index (χ2v) is 7.83. The first-order chi connectivity index (χ1) is 12.3. The van der Waals surface area contributed by atoms with Crippen LogP contribution in [0, 0.1) is 11.7 Å². The molecule has 1 aliphatic rings. The fraction of sp³-hybridized carbons (Fsp3) is 0.526.